The third-order valence-electron chi connectivity index (χ3n) is 2.32. The first-order valence-corrected chi connectivity index (χ1v) is 5.04. The summed E-state index contributed by atoms with van der Waals surface area (Å²) in [5, 5.41) is 6.57. The fourth-order valence-electron chi connectivity index (χ4n) is 1.44. The summed E-state index contributed by atoms with van der Waals surface area (Å²) in [6.07, 6.45) is 3.30. The van der Waals surface area contributed by atoms with Crippen LogP contribution in [0.2, 0.25) is 0 Å². The average Bonchev–Trinajstić information content (AvgIpc) is 2.68. The molecule has 0 aliphatic rings. The molecule has 0 aromatic carbocycles. The number of nitrogens with zero attached hydrogens (tertiary/aromatic N) is 3. The van der Waals surface area contributed by atoms with E-state index in [0.29, 0.717) is 5.82 Å². The van der Waals surface area contributed by atoms with Crippen LogP contribution in [0.4, 0.5) is 5.82 Å². The second-order valence-corrected chi connectivity index (χ2v) is 3.67. The van der Waals surface area contributed by atoms with E-state index < -0.39 is 5.91 Å². The SMILES string of the molecule is Cn1ccc(NC(=O)c2cccn(C)c2=O)n1. The summed E-state index contributed by atoms with van der Waals surface area (Å²) in [6, 6.07) is 4.79. The van der Waals surface area contributed by atoms with Crippen molar-refractivity contribution in [3.05, 3.63) is 46.5 Å². The van der Waals surface area contributed by atoms with Crippen LogP contribution < -0.4 is 10.9 Å². The largest absolute Gasteiger partial charge is 0.318 e. The van der Waals surface area contributed by atoms with Crippen LogP contribution in [-0.2, 0) is 14.1 Å². The summed E-state index contributed by atoms with van der Waals surface area (Å²) in [6.45, 7) is 0. The van der Waals surface area contributed by atoms with E-state index in [-0.39, 0.29) is 11.1 Å². The van der Waals surface area contributed by atoms with Gasteiger partial charge in [-0.05, 0) is 12.1 Å². The number of aromatic nitrogens is 3. The molecule has 6 nitrogen and oxygen atoms in total. The lowest BCUT2D eigenvalue weighted by Crippen LogP contribution is -2.27. The van der Waals surface area contributed by atoms with Gasteiger partial charge in [-0.1, -0.05) is 0 Å². The Morgan fingerprint density at radius 1 is 1.29 bits per heavy atom. The summed E-state index contributed by atoms with van der Waals surface area (Å²) in [5.74, 6) is -0.0340. The number of aryl methyl sites for hydroxylation is 2. The number of rotatable bonds is 2. The number of pyridine rings is 1. The molecule has 2 rings (SSSR count). The first-order valence-electron chi connectivity index (χ1n) is 5.04. The minimum absolute atomic E-state index is 0.0978. The third-order valence-corrected chi connectivity index (χ3v) is 2.32. The summed E-state index contributed by atoms with van der Waals surface area (Å²) in [7, 11) is 3.34. The number of carbonyl (C=O) groups is 1. The molecule has 2 aromatic rings. The number of anilines is 1. The van der Waals surface area contributed by atoms with E-state index in [1.54, 1.807) is 43.3 Å². The number of nitrogens with one attached hydrogen (secondary N) is 1. The highest BCUT2D eigenvalue weighted by Gasteiger charge is 2.11. The number of hydrogen-bond donors (Lipinski definition) is 1. The van der Waals surface area contributed by atoms with Gasteiger partial charge in [0.15, 0.2) is 5.82 Å². The fourth-order valence-corrected chi connectivity index (χ4v) is 1.44. The summed E-state index contributed by atoms with van der Waals surface area (Å²) < 4.78 is 2.92. The molecule has 88 valence electrons. The molecule has 17 heavy (non-hydrogen) atoms. The Kier molecular flexibility index (Phi) is 2.78. The minimum Gasteiger partial charge on any atom is -0.318 e. The molecule has 1 N–H and O–H groups in total. The smallest absolute Gasteiger partial charge is 0.263 e. The highest BCUT2D eigenvalue weighted by Crippen LogP contribution is 2.03. The molecule has 0 radical (unpaired) electrons. The molecule has 0 aliphatic carbocycles. The highest BCUT2D eigenvalue weighted by atomic mass is 16.2. The van der Waals surface area contributed by atoms with Crippen molar-refractivity contribution in [1.82, 2.24) is 14.3 Å². The number of amides is 1. The zero-order chi connectivity index (χ0) is 12.4. The van der Waals surface area contributed by atoms with Crippen LogP contribution in [0.15, 0.2) is 35.4 Å². The van der Waals surface area contributed by atoms with Crippen LogP contribution in [0.25, 0.3) is 0 Å². The van der Waals surface area contributed by atoms with Gasteiger partial charge < -0.3 is 9.88 Å². The summed E-state index contributed by atoms with van der Waals surface area (Å²) in [5.41, 5.74) is -0.235. The number of carbonyl (C=O) groups excluding carboxylic acids is 1. The fraction of sp³-hybridized carbons (Fsp3) is 0.182. The predicted molar refractivity (Wildman–Crippen MR) is 62.8 cm³/mol. The van der Waals surface area contributed by atoms with Crippen LogP contribution in [-0.4, -0.2) is 20.3 Å². The van der Waals surface area contributed by atoms with Crippen LogP contribution in [0.1, 0.15) is 10.4 Å². The average molecular weight is 232 g/mol. The van der Waals surface area contributed by atoms with E-state index >= 15 is 0 Å². The maximum Gasteiger partial charge on any atom is 0.263 e. The van der Waals surface area contributed by atoms with Gasteiger partial charge in [-0.2, -0.15) is 5.10 Å². The molecule has 0 saturated carbocycles. The molecule has 0 spiro atoms. The first-order chi connectivity index (χ1) is 8.08. The lowest BCUT2D eigenvalue weighted by Gasteiger charge is -2.02. The molecule has 1 amide bonds. The Morgan fingerprint density at radius 3 is 2.71 bits per heavy atom. The van der Waals surface area contributed by atoms with E-state index in [2.05, 4.69) is 10.4 Å². The topological polar surface area (TPSA) is 68.9 Å². The summed E-state index contributed by atoms with van der Waals surface area (Å²) in [4.78, 5) is 23.5. The van der Waals surface area contributed by atoms with Gasteiger partial charge in [-0.3, -0.25) is 14.3 Å². The highest BCUT2D eigenvalue weighted by molar-refractivity contribution is 6.03. The molecular weight excluding hydrogens is 220 g/mol. The van der Waals surface area contributed by atoms with Gasteiger partial charge >= 0.3 is 0 Å². The van der Waals surface area contributed by atoms with Crippen molar-refractivity contribution in [3.8, 4) is 0 Å². The maximum absolute atomic E-state index is 11.8. The Bertz CT molecular complexity index is 612. The zero-order valence-electron chi connectivity index (χ0n) is 9.54. The van der Waals surface area contributed by atoms with Crippen molar-refractivity contribution in [2.75, 3.05) is 5.32 Å². The maximum atomic E-state index is 11.8. The minimum atomic E-state index is -0.454. The Hall–Kier alpha value is -2.37. The second-order valence-electron chi connectivity index (χ2n) is 3.67. The molecule has 2 heterocycles. The molecule has 0 bridgehead atoms. The first kappa shape index (κ1) is 11.1. The Morgan fingerprint density at radius 2 is 2.06 bits per heavy atom. The van der Waals surface area contributed by atoms with Crippen LogP contribution >= 0.6 is 0 Å². The van der Waals surface area contributed by atoms with Crippen molar-refractivity contribution >= 4 is 11.7 Å². The van der Waals surface area contributed by atoms with Crippen LogP contribution in [0.5, 0.6) is 0 Å². The second kappa shape index (κ2) is 4.25. The van der Waals surface area contributed by atoms with Gasteiger partial charge in [0.25, 0.3) is 11.5 Å². The van der Waals surface area contributed by atoms with Crippen molar-refractivity contribution in [3.63, 3.8) is 0 Å². The third kappa shape index (κ3) is 2.25. The van der Waals surface area contributed by atoms with Gasteiger partial charge in [0.2, 0.25) is 0 Å². The lowest BCUT2D eigenvalue weighted by molar-refractivity contribution is 0.102. The van der Waals surface area contributed by atoms with E-state index in [1.807, 2.05) is 0 Å². The van der Waals surface area contributed by atoms with Gasteiger partial charge in [-0.15, -0.1) is 0 Å². The molecule has 0 saturated heterocycles. The van der Waals surface area contributed by atoms with Gasteiger partial charge in [0.1, 0.15) is 5.56 Å². The Labute approximate surface area is 97.5 Å². The van der Waals surface area contributed by atoms with Crippen molar-refractivity contribution in [2.45, 2.75) is 0 Å². The van der Waals surface area contributed by atoms with E-state index in [4.69, 9.17) is 0 Å². The Balaban J connectivity index is 2.26. The molecule has 6 heteroatoms. The lowest BCUT2D eigenvalue weighted by atomic mass is 10.2. The van der Waals surface area contributed by atoms with Crippen molar-refractivity contribution < 1.29 is 4.79 Å². The van der Waals surface area contributed by atoms with Gasteiger partial charge in [0.05, 0.1) is 0 Å². The molecular formula is C11H12N4O2. The van der Waals surface area contributed by atoms with E-state index in [0.717, 1.165) is 0 Å². The zero-order valence-corrected chi connectivity index (χ0v) is 9.54. The molecule has 2 aromatic heterocycles. The normalized spacial score (nSPS) is 10.2. The van der Waals surface area contributed by atoms with Gasteiger partial charge in [0, 0.05) is 32.6 Å². The standard InChI is InChI=1S/C11H12N4O2/c1-14-6-3-4-8(11(14)17)10(16)12-9-5-7-15(2)13-9/h3-7H,1-2H3,(H,12,13,16). The molecule has 0 atom stereocenters. The van der Waals surface area contributed by atoms with Crippen LogP contribution in [0.3, 0.4) is 0 Å². The number of hydrogen-bond acceptors (Lipinski definition) is 3. The van der Waals surface area contributed by atoms with Gasteiger partial charge in [-0.25, -0.2) is 0 Å². The monoisotopic (exact) mass is 232 g/mol. The summed E-state index contributed by atoms with van der Waals surface area (Å²) >= 11 is 0. The van der Waals surface area contributed by atoms with E-state index in [1.165, 1.54) is 10.6 Å². The quantitative estimate of drug-likeness (QED) is 0.813. The van der Waals surface area contributed by atoms with E-state index in [9.17, 15) is 9.59 Å². The van der Waals surface area contributed by atoms with Crippen molar-refractivity contribution in [1.29, 1.82) is 0 Å². The molecule has 0 unspecified atom stereocenters. The predicted octanol–water partition coefficient (Wildman–Crippen LogP) is 0.371. The molecule has 0 aliphatic heterocycles. The van der Waals surface area contributed by atoms with Crippen LogP contribution in [0, 0.1) is 0 Å². The van der Waals surface area contributed by atoms with Crippen molar-refractivity contribution in [2.24, 2.45) is 14.1 Å². The molecule has 0 fully saturated rings.